The largest absolute Gasteiger partial charge is 0.366 e. The van der Waals surface area contributed by atoms with E-state index in [1.165, 1.54) is 7.11 Å². The van der Waals surface area contributed by atoms with E-state index in [9.17, 15) is 0 Å². The lowest BCUT2D eigenvalue weighted by Crippen LogP contribution is -2.20. The molecule has 0 bridgehead atoms. The second-order valence-corrected chi connectivity index (χ2v) is 6.44. The van der Waals surface area contributed by atoms with E-state index >= 15 is 0 Å². The molecule has 1 fully saturated rings. The van der Waals surface area contributed by atoms with Crippen molar-refractivity contribution >= 4 is 11.2 Å². The number of hydrogen-bond donors (Lipinski definition) is 1. The molecule has 0 spiro atoms. The number of aliphatic hydroxyl groups is 1. The number of hydrogen-bond acceptors (Lipinski definition) is 7. The van der Waals surface area contributed by atoms with Gasteiger partial charge in [0, 0.05) is 7.11 Å². The van der Waals surface area contributed by atoms with Gasteiger partial charge in [0.25, 0.3) is 0 Å². The molecule has 0 aromatic carbocycles. The predicted octanol–water partition coefficient (Wildman–Crippen LogP) is 1.82. The topological polar surface area (TPSA) is 91.5 Å². The Morgan fingerprint density at radius 1 is 1.38 bits per heavy atom. The fourth-order valence-electron chi connectivity index (χ4n) is 2.44. The molecule has 0 radical (unpaired) electrons. The second kappa shape index (κ2) is 9.05. The number of imidazole rings is 1. The Kier molecular flexibility index (Phi) is 7.06. The average Bonchev–Trinajstić information content (AvgIpc) is 3.22. The van der Waals surface area contributed by atoms with Gasteiger partial charge in [0.2, 0.25) is 0 Å². The fourth-order valence-corrected chi connectivity index (χ4v) is 2.44. The van der Waals surface area contributed by atoms with Gasteiger partial charge in [-0.15, -0.1) is 6.42 Å². The molecule has 2 aromatic rings. The third-order valence-electron chi connectivity index (χ3n) is 3.93. The third kappa shape index (κ3) is 5.47. The predicted molar refractivity (Wildman–Crippen MR) is 96.2 cm³/mol. The number of aromatic nitrogens is 4. The summed E-state index contributed by atoms with van der Waals surface area (Å²) in [6.45, 7) is 5.93. The number of aryl methyl sites for hydroxylation is 1. The molecule has 8 nitrogen and oxygen atoms in total. The molecule has 1 aliphatic heterocycles. The summed E-state index contributed by atoms with van der Waals surface area (Å²) in [6.07, 6.45) is 10.4. The highest BCUT2D eigenvalue weighted by Gasteiger charge is 2.28. The van der Waals surface area contributed by atoms with Crippen LogP contribution in [0.5, 0.6) is 0 Å². The summed E-state index contributed by atoms with van der Waals surface area (Å²) in [5.74, 6) is 1.49. The van der Waals surface area contributed by atoms with Crippen LogP contribution in [0.25, 0.3) is 11.2 Å². The van der Waals surface area contributed by atoms with Crippen molar-refractivity contribution < 1.29 is 19.3 Å². The molecule has 1 aliphatic rings. The van der Waals surface area contributed by atoms with Crippen LogP contribution in [0.15, 0.2) is 12.7 Å². The molecule has 0 aliphatic carbocycles. The number of fused-ring (bicyclic) bond motifs is 1. The van der Waals surface area contributed by atoms with Crippen LogP contribution in [0.2, 0.25) is 0 Å². The van der Waals surface area contributed by atoms with Crippen molar-refractivity contribution in [2.45, 2.75) is 51.7 Å². The molecule has 1 unspecified atom stereocenters. The molecule has 2 atom stereocenters. The lowest BCUT2D eigenvalue weighted by molar-refractivity contribution is -0.155. The zero-order valence-electron chi connectivity index (χ0n) is 15.7. The van der Waals surface area contributed by atoms with Crippen LogP contribution in [-0.4, -0.2) is 56.8 Å². The lowest BCUT2D eigenvalue weighted by atomic mass is 10.2. The van der Waals surface area contributed by atoms with Crippen LogP contribution in [-0.2, 0) is 14.2 Å². The van der Waals surface area contributed by atoms with Crippen molar-refractivity contribution in [3.8, 4) is 12.3 Å². The van der Waals surface area contributed by atoms with Crippen LogP contribution < -0.4 is 0 Å². The van der Waals surface area contributed by atoms with Crippen molar-refractivity contribution in [1.29, 1.82) is 0 Å². The van der Waals surface area contributed by atoms with Gasteiger partial charge in [0.1, 0.15) is 24.7 Å². The van der Waals surface area contributed by atoms with Gasteiger partial charge in [-0.3, -0.25) is 4.57 Å². The van der Waals surface area contributed by atoms with Crippen molar-refractivity contribution in [3.05, 3.63) is 18.3 Å². The van der Waals surface area contributed by atoms with Gasteiger partial charge >= 0.3 is 0 Å². The van der Waals surface area contributed by atoms with Crippen LogP contribution in [0.1, 0.15) is 38.6 Å². The summed E-state index contributed by atoms with van der Waals surface area (Å²) >= 11 is 0. The van der Waals surface area contributed by atoms with Crippen molar-refractivity contribution in [1.82, 2.24) is 19.5 Å². The van der Waals surface area contributed by atoms with Crippen LogP contribution in [0.3, 0.4) is 0 Å². The second-order valence-electron chi connectivity index (χ2n) is 6.44. The Morgan fingerprint density at radius 3 is 2.77 bits per heavy atom. The third-order valence-corrected chi connectivity index (χ3v) is 3.93. The Balaban J connectivity index is 0.000000352. The van der Waals surface area contributed by atoms with Gasteiger partial charge in [-0.05, 0) is 33.6 Å². The molecular weight excluding hydrogens is 336 g/mol. The molecule has 0 saturated carbocycles. The summed E-state index contributed by atoms with van der Waals surface area (Å²) in [5.41, 5.74) is 2.51. The van der Waals surface area contributed by atoms with Gasteiger partial charge < -0.3 is 19.3 Å². The molecule has 26 heavy (non-hydrogen) atoms. The van der Waals surface area contributed by atoms with Crippen LogP contribution in [0, 0.1) is 19.3 Å². The fraction of sp³-hybridized carbons (Fsp3) is 0.611. The minimum Gasteiger partial charge on any atom is -0.366 e. The number of rotatable bonds is 5. The Bertz CT molecular complexity index is 748. The Morgan fingerprint density at radius 2 is 2.12 bits per heavy atom. The maximum atomic E-state index is 8.60. The summed E-state index contributed by atoms with van der Waals surface area (Å²) in [4.78, 5) is 12.8. The van der Waals surface area contributed by atoms with Crippen LogP contribution >= 0.6 is 0 Å². The van der Waals surface area contributed by atoms with Gasteiger partial charge in [-0.25, -0.2) is 15.0 Å². The molecule has 3 heterocycles. The highest BCUT2D eigenvalue weighted by atomic mass is 16.6. The van der Waals surface area contributed by atoms with Gasteiger partial charge in [-0.1, -0.05) is 5.92 Å². The number of nitrogens with zero attached hydrogens (tertiary/aromatic N) is 4. The van der Waals surface area contributed by atoms with E-state index in [2.05, 4.69) is 25.6 Å². The first kappa shape index (κ1) is 20.3. The van der Waals surface area contributed by atoms with E-state index < -0.39 is 5.79 Å². The van der Waals surface area contributed by atoms with Crippen molar-refractivity contribution in [2.75, 3.05) is 20.3 Å². The first-order valence-corrected chi connectivity index (χ1v) is 8.44. The molecule has 142 valence electrons. The summed E-state index contributed by atoms with van der Waals surface area (Å²) in [5, 5.41) is 8.60. The van der Waals surface area contributed by atoms with Crippen molar-refractivity contribution in [2.24, 2.45) is 0 Å². The quantitative estimate of drug-likeness (QED) is 0.493. The maximum Gasteiger partial charge on any atom is 0.165 e. The molecule has 0 amide bonds. The zero-order chi connectivity index (χ0) is 19.2. The standard InChI is InChI=1S/C14H16N4O2.C4H10O2/c1-3-6-19-7-11-4-5-12(20-11)18-9-17-13-10(2)15-8-16-14(13)18;1-4(2,5)6-3/h1,8-9,11-12H,4-7H2,2H3;5H,1-3H3/t11?,12-;/m1./s1. The molecule has 1 N–H and O–H groups in total. The number of methoxy groups -OCH3 is 1. The zero-order valence-corrected chi connectivity index (χ0v) is 15.7. The number of ether oxygens (including phenoxy) is 3. The highest BCUT2D eigenvalue weighted by molar-refractivity contribution is 5.72. The van der Waals surface area contributed by atoms with E-state index in [4.69, 9.17) is 21.0 Å². The summed E-state index contributed by atoms with van der Waals surface area (Å²) in [7, 11) is 1.46. The normalized spacial score (nSPS) is 19.8. The van der Waals surface area contributed by atoms with E-state index in [0.717, 1.165) is 29.7 Å². The molecule has 1 saturated heterocycles. The van der Waals surface area contributed by atoms with Gasteiger partial charge in [-0.2, -0.15) is 0 Å². The lowest BCUT2D eigenvalue weighted by Gasteiger charge is -2.14. The van der Waals surface area contributed by atoms with Crippen molar-refractivity contribution in [3.63, 3.8) is 0 Å². The monoisotopic (exact) mass is 362 g/mol. The first-order chi connectivity index (χ1) is 12.4. The average molecular weight is 362 g/mol. The van der Waals surface area contributed by atoms with E-state index in [0.29, 0.717) is 13.2 Å². The summed E-state index contributed by atoms with van der Waals surface area (Å²) < 4.78 is 17.8. The summed E-state index contributed by atoms with van der Waals surface area (Å²) in [6, 6.07) is 0. The maximum absolute atomic E-state index is 8.60. The highest BCUT2D eigenvalue weighted by Crippen LogP contribution is 2.30. The molecule has 8 heteroatoms. The van der Waals surface area contributed by atoms with Gasteiger partial charge in [0.15, 0.2) is 11.4 Å². The minimum atomic E-state index is -0.958. The Labute approximate surface area is 153 Å². The van der Waals surface area contributed by atoms with E-state index in [1.54, 1.807) is 26.5 Å². The molecular formula is C18H26N4O4. The first-order valence-electron chi connectivity index (χ1n) is 8.44. The van der Waals surface area contributed by atoms with Crippen LogP contribution in [0.4, 0.5) is 0 Å². The molecule has 3 rings (SSSR count). The number of terminal acetylenes is 1. The molecule has 2 aromatic heterocycles. The smallest absolute Gasteiger partial charge is 0.165 e. The van der Waals surface area contributed by atoms with E-state index in [1.807, 2.05) is 11.5 Å². The van der Waals surface area contributed by atoms with E-state index in [-0.39, 0.29) is 12.3 Å². The Hall–Kier alpha value is -2.05. The minimum absolute atomic E-state index is 0.0475. The SMILES string of the molecule is C#CCOCC1CC[C@H](n2cnc3c(C)ncnc32)O1.COC(C)(C)O. The van der Waals surface area contributed by atoms with Gasteiger partial charge in [0.05, 0.1) is 24.7 Å².